The highest BCUT2D eigenvalue weighted by Gasteiger charge is 2.15. The number of nitrogens with one attached hydrogen (secondary N) is 1. The lowest BCUT2D eigenvalue weighted by Gasteiger charge is -2.17. The van der Waals surface area contributed by atoms with E-state index in [2.05, 4.69) is 41.5 Å². The largest absolute Gasteiger partial charge is 0.480 e. The van der Waals surface area contributed by atoms with Crippen LogP contribution in [0.25, 0.3) is 0 Å². The summed E-state index contributed by atoms with van der Waals surface area (Å²) in [4.78, 5) is 7.63. The Morgan fingerprint density at radius 3 is 2.57 bits per heavy atom. The summed E-state index contributed by atoms with van der Waals surface area (Å²) in [5.74, 6) is 0.721. The number of nitrogens with zero attached hydrogens (tertiary/aromatic N) is 2. The number of hydrogen-bond donors (Lipinski definition) is 1. The van der Waals surface area contributed by atoms with Crippen LogP contribution in [0.1, 0.15) is 29.8 Å². The van der Waals surface area contributed by atoms with E-state index in [1.165, 1.54) is 5.56 Å². The maximum absolute atomic E-state index is 5.38. The second-order valence-electron chi connectivity index (χ2n) is 5.08. The minimum absolute atomic E-state index is 0.348. The van der Waals surface area contributed by atoms with Gasteiger partial charge in [-0.05, 0) is 12.0 Å². The highest BCUT2D eigenvalue weighted by molar-refractivity contribution is 7.15. The summed E-state index contributed by atoms with van der Waals surface area (Å²) >= 11 is 1.67. The molecule has 0 aliphatic heterocycles. The van der Waals surface area contributed by atoms with Gasteiger partial charge in [0, 0.05) is 26.7 Å². The van der Waals surface area contributed by atoms with Gasteiger partial charge in [-0.3, -0.25) is 0 Å². The van der Waals surface area contributed by atoms with E-state index in [9.17, 15) is 0 Å². The molecule has 5 heteroatoms. The summed E-state index contributed by atoms with van der Waals surface area (Å²) < 4.78 is 5.38. The van der Waals surface area contributed by atoms with Crippen LogP contribution in [0.2, 0.25) is 0 Å². The number of anilines is 1. The molecule has 2 rings (SSSR count). The number of benzene rings is 1. The monoisotopic (exact) mass is 305 g/mol. The maximum atomic E-state index is 5.38. The second-order valence-corrected chi connectivity index (χ2v) is 6.14. The molecule has 1 aromatic carbocycles. The van der Waals surface area contributed by atoms with Gasteiger partial charge in [0.1, 0.15) is 0 Å². The van der Waals surface area contributed by atoms with Crippen LogP contribution in [-0.4, -0.2) is 26.2 Å². The van der Waals surface area contributed by atoms with Crippen LogP contribution in [0.15, 0.2) is 30.3 Å². The lowest BCUT2D eigenvalue weighted by Crippen LogP contribution is -2.20. The molecule has 0 amide bonds. The first kappa shape index (κ1) is 15.8. The molecule has 0 aliphatic rings. The van der Waals surface area contributed by atoms with Crippen LogP contribution in [0.4, 0.5) is 5.13 Å². The average Bonchev–Trinajstić information content (AvgIpc) is 2.92. The van der Waals surface area contributed by atoms with Crippen molar-refractivity contribution in [2.24, 2.45) is 0 Å². The Kier molecular flexibility index (Phi) is 5.59. The molecule has 1 N–H and O–H groups in total. The Hall–Kier alpha value is -1.59. The summed E-state index contributed by atoms with van der Waals surface area (Å²) in [7, 11) is 5.66. The number of methoxy groups -OCH3 is 1. The molecular formula is C16H23N3OS. The number of rotatable bonds is 7. The number of ether oxygens (including phenoxy) is 1. The SMILES string of the molecule is CCC(NCc1sc(N(C)C)nc1OC)c1ccccc1. The van der Waals surface area contributed by atoms with Crippen LogP contribution >= 0.6 is 11.3 Å². The van der Waals surface area contributed by atoms with Crippen LogP contribution in [0, 0.1) is 0 Å². The molecule has 1 atom stereocenters. The van der Waals surface area contributed by atoms with Crippen molar-refractivity contribution in [3.05, 3.63) is 40.8 Å². The van der Waals surface area contributed by atoms with E-state index in [-0.39, 0.29) is 0 Å². The molecule has 0 fully saturated rings. The summed E-state index contributed by atoms with van der Waals surface area (Å²) in [6.45, 7) is 2.96. The quantitative estimate of drug-likeness (QED) is 0.850. The van der Waals surface area contributed by atoms with Crippen molar-refractivity contribution in [1.29, 1.82) is 0 Å². The zero-order valence-corrected chi connectivity index (χ0v) is 13.9. The molecule has 114 valence electrons. The van der Waals surface area contributed by atoms with Gasteiger partial charge in [0.15, 0.2) is 5.13 Å². The van der Waals surface area contributed by atoms with Crippen molar-refractivity contribution in [3.8, 4) is 5.88 Å². The third kappa shape index (κ3) is 3.95. The van der Waals surface area contributed by atoms with Gasteiger partial charge in [-0.25, -0.2) is 0 Å². The smallest absolute Gasteiger partial charge is 0.230 e. The Bertz CT molecular complexity index is 554. The number of aromatic nitrogens is 1. The lowest BCUT2D eigenvalue weighted by atomic mass is 10.0. The Morgan fingerprint density at radius 1 is 1.29 bits per heavy atom. The van der Waals surface area contributed by atoms with Crippen LogP contribution in [0.5, 0.6) is 5.88 Å². The molecule has 0 spiro atoms. The Balaban J connectivity index is 2.08. The van der Waals surface area contributed by atoms with Crippen LogP contribution < -0.4 is 15.0 Å². The van der Waals surface area contributed by atoms with Gasteiger partial charge >= 0.3 is 0 Å². The van der Waals surface area contributed by atoms with Gasteiger partial charge in [0.25, 0.3) is 0 Å². The van der Waals surface area contributed by atoms with Crippen molar-refractivity contribution < 1.29 is 4.74 Å². The number of thiazole rings is 1. The summed E-state index contributed by atoms with van der Waals surface area (Å²) in [6.07, 6.45) is 1.05. The van der Waals surface area contributed by atoms with E-state index in [0.29, 0.717) is 6.04 Å². The van der Waals surface area contributed by atoms with E-state index < -0.39 is 0 Å². The minimum atomic E-state index is 0.348. The van der Waals surface area contributed by atoms with Crippen LogP contribution in [-0.2, 0) is 6.54 Å². The topological polar surface area (TPSA) is 37.4 Å². The molecule has 1 heterocycles. The van der Waals surface area contributed by atoms with E-state index in [1.54, 1.807) is 18.4 Å². The molecule has 0 aliphatic carbocycles. The van der Waals surface area contributed by atoms with Crippen LogP contribution in [0.3, 0.4) is 0 Å². The molecule has 21 heavy (non-hydrogen) atoms. The average molecular weight is 305 g/mol. The Labute approximate surface area is 130 Å². The molecule has 4 nitrogen and oxygen atoms in total. The molecule has 1 aromatic heterocycles. The van der Waals surface area contributed by atoms with Crippen molar-refractivity contribution >= 4 is 16.5 Å². The lowest BCUT2D eigenvalue weighted by molar-refractivity contribution is 0.392. The standard InChI is InChI=1S/C16H23N3OS/c1-5-13(12-9-7-6-8-10-12)17-11-14-15(20-4)18-16(21-14)19(2)3/h6-10,13,17H,5,11H2,1-4H3. The highest BCUT2D eigenvalue weighted by atomic mass is 32.1. The molecule has 1 unspecified atom stereocenters. The van der Waals surface area contributed by atoms with Gasteiger partial charge in [0.05, 0.1) is 12.0 Å². The predicted molar refractivity (Wildman–Crippen MR) is 89.3 cm³/mol. The molecule has 0 saturated heterocycles. The molecule has 0 saturated carbocycles. The van der Waals surface area contributed by atoms with E-state index in [1.807, 2.05) is 25.1 Å². The van der Waals surface area contributed by atoms with Gasteiger partial charge in [-0.15, -0.1) is 0 Å². The fraction of sp³-hybridized carbons (Fsp3) is 0.438. The third-order valence-corrected chi connectivity index (χ3v) is 4.55. The first-order valence-corrected chi connectivity index (χ1v) is 7.96. The zero-order chi connectivity index (χ0) is 15.2. The van der Waals surface area contributed by atoms with E-state index >= 15 is 0 Å². The third-order valence-electron chi connectivity index (χ3n) is 3.35. The maximum Gasteiger partial charge on any atom is 0.230 e. The normalized spacial score (nSPS) is 12.2. The van der Waals surface area contributed by atoms with Crippen molar-refractivity contribution in [2.45, 2.75) is 25.9 Å². The predicted octanol–water partition coefficient (Wildman–Crippen LogP) is 3.46. The van der Waals surface area contributed by atoms with Crippen molar-refractivity contribution in [1.82, 2.24) is 10.3 Å². The zero-order valence-electron chi connectivity index (χ0n) is 13.1. The van der Waals surface area contributed by atoms with Gasteiger partial charge in [-0.1, -0.05) is 48.6 Å². The highest BCUT2D eigenvalue weighted by Crippen LogP contribution is 2.31. The summed E-state index contributed by atoms with van der Waals surface area (Å²) in [6, 6.07) is 10.9. The number of hydrogen-bond acceptors (Lipinski definition) is 5. The second kappa shape index (κ2) is 7.43. The van der Waals surface area contributed by atoms with E-state index in [0.717, 1.165) is 28.9 Å². The van der Waals surface area contributed by atoms with Gasteiger partial charge < -0.3 is 15.0 Å². The fourth-order valence-corrected chi connectivity index (χ4v) is 3.09. The fourth-order valence-electron chi connectivity index (χ4n) is 2.19. The first-order chi connectivity index (χ1) is 10.2. The van der Waals surface area contributed by atoms with Gasteiger partial charge in [0.2, 0.25) is 5.88 Å². The molecule has 0 radical (unpaired) electrons. The van der Waals surface area contributed by atoms with E-state index in [4.69, 9.17) is 4.74 Å². The summed E-state index contributed by atoms with van der Waals surface area (Å²) in [5.41, 5.74) is 1.32. The molecular weight excluding hydrogens is 282 g/mol. The van der Waals surface area contributed by atoms with Gasteiger partial charge in [-0.2, -0.15) is 4.98 Å². The van der Waals surface area contributed by atoms with Crippen molar-refractivity contribution in [3.63, 3.8) is 0 Å². The molecule has 0 bridgehead atoms. The molecule has 2 aromatic rings. The minimum Gasteiger partial charge on any atom is -0.480 e. The Morgan fingerprint density at radius 2 is 2.00 bits per heavy atom. The summed E-state index contributed by atoms with van der Waals surface area (Å²) in [5, 5.41) is 4.57. The first-order valence-electron chi connectivity index (χ1n) is 7.15. The van der Waals surface area contributed by atoms with Crippen molar-refractivity contribution in [2.75, 3.05) is 26.1 Å².